The number of rotatable bonds is 5. The van der Waals surface area contributed by atoms with E-state index < -0.39 is 11.9 Å². The van der Waals surface area contributed by atoms with Gasteiger partial charge in [0, 0.05) is 6.04 Å². The molecule has 1 amide bonds. The Morgan fingerprint density at radius 2 is 2.09 bits per heavy atom. The van der Waals surface area contributed by atoms with Crippen LogP contribution in [-0.4, -0.2) is 38.5 Å². The summed E-state index contributed by atoms with van der Waals surface area (Å²) in [5.74, 6) is -0.340. The standard InChI is InChI=1S/C16H21N3O3/c1-10(2)12-5-4-6-13(7-12)19-8-14(21)15(18-19)16(22)17-11(3)9-20/h4-8,10-11,20-21H,9H2,1-3H3,(H,17,22). The zero-order chi connectivity index (χ0) is 16.3. The van der Waals surface area contributed by atoms with Gasteiger partial charge < -0.3 is 15.5 Å². The zero-order valence-corrected chi connectivity index (χ0v) is 12.9. The highest BCUT2D eigenvalue weighted by atomic mass is 16.3. The summed E-state index contributed by atoms with van der Waals surface area (Å²) in [6.45, 7) is 5.67. The number of aromatic nitrogens is 2. The Hall–Kier alpha value is -2.34. The van der Waals surface area contributed by atoms with Crippen molar-refractivity contribution in [2.24, 2.45) is 0 Å². The van der Waals surface area contributed by atoms with Crippen molar-refractivity contribution in [3.8, 4) is 11.4 Å². The third kappa shape index (κ3) is 3.46. The average molecular weight is 303 g/mol. The monoisotopic (exact) mass is 303 g/mol. The minimum atomic E-state index is -0.516. The van der Waals surface area contributed by atoms with Crippen LogP contribution in [-0.2, 0) is 0 Å². The summed E-state index contributed by atoms with van der Waals surface area (Å²) in [5.41, 5.74) is 1.86. The van der Waals surface area contributed by atoms with E-state index in [0.29, 0.717) is 5.92 Å². The third-order valence-electron chi connectivity index (χ3n) is 3.36. The molecule has 0 aliphatic rings. The molecule has 0 saturated heterocycles. The van der Waals surface area contributed by atoms with Crippen LogP contribution in [0.15, 0.2) is 30.5 Å². The SMILES string of the molecule is CC(CO)NC(=O)c1nn(-c2cccc(C(C)C)c2)cc1O. The second-order valence-corrected chi connectivity index (χ2v) is 5.61. The molecule has 0 aliphatic heterocycles. The summed E-state index contributed by atoms with van der Waals surface area (Å²) in [6.07, 6.45) is 1.40. The molecule has 1 unspecified atom stereocenters. The van der Waals surface area contributed by atoms with Crippen LogP contribution >= 0.6 is 0 Å². The number of amides is 1. The van der Waals surface area contributed by atoms with Crippen molar-refractivity contribution in [3.05, 3.63) is 41.7 Å². The molecule has 1 aromatic heterocycles. The van der Waals surface area contributed by atoms with Crippen molar-refractivity contribution < 1.29 is 15.0 Å². The molecule has 0 bridgehead atoms. The van der Waals surface area contributed by atoms with Gasteiger partial charge in [-0.2, -0.15) is 5.10 Å². The summed E-state index contributed by atoms with van der Waals surface area (Å²) < 4.78 is 1.47. The molecule has 6 heteroatoms. The first-order chi connectivity index (χ1) is 10.4. The van der Waals surface area contributed by atoms with Gasteiger partial charge in [-0.3, -0.25) is 4.79 Å². The number of aliphatic hydroxyl groups excluding tert-OH is 1. The summed E-state index contributed by atoms with van der Waals surface area (Å²) >= 11 is 0. The number of benzene rings is 1. The number of nitrogens with zero attached hydrogens (tertiary/aromatic N) is 2. The molecule has 118 valence electrons. The maximum atomic E-state index is 12.0. The lowest BCUT2D eigenvalue weighted by Crippen LogP contribution is -2.35. The minimum Gasteiger partial charge on any atom is -0.504 e. The van der Waals surface area contributed by atoms with Gasteiger partial charge in [0.2, 0.25) is 0 Å². The fourth-order valence-corrected chi connectivity index (χ4v) is 2.02. The quantitative estimate of drug-likeness (QED) is 0.786. The Balaban J connectivity index is 2.29. The number of hydrogen-bond donors (Lipinski definition) is 3. The van der Waals surface area contributed by atoms with Crippen LogP contribution in [0.2, 0.25) is 0 Å². The minimum absolute atomic E-state index is 0.0600. The van der Waals surface area contributed by atoms with E-state index in [9.17, 15) is 9.90 Å². The number of aliphatic hydroxyl groups is 1. The maximum Gasteiger partial charge on any atom is 0.275 e. The van der Waals surface area contributed by atoms with Crippen LogP contribution < -0.4 is 5.32 Å². The summed E-state index contributed by atoms with van der Waals surface area (Å²) in [5, 5.41) is 25.6. The smallest absolute Gasteiger partial charge is 0.275 e. The van der Waals surface area contributed by atoms with E-state index in [2.05, 4.69) is 24.3 Å². The van der Waals surface area contributed by atoms with Crippen molar-refractivity contribution in [2.45, 2.75) is 32.7 Å². The molecule has 0 radical (unpaired) electrons. The van der Waals surface area contributed by atoms with E-state index in [1.807, 2.05) is 24.3 Å². The highest BCUT2D eigenvalue weighted by Crippen LogP contribution is 2.21. The van der Waals surface area contributed by atoms with E-state index in [1.54, 1.807) is 6.92 Å². The summed E-state index contributed by atoms with van der Waals surface area (Å²) in [4.78, 5) is 12.0. The molecule has 6 nitrogen and oxygen atoms in total. The maximum absolute atomic E-state index is 12.0. The molecule has 0 aliphatic carbocycles. The predicted octanol–water partition coefficient (Wildman–Crippen LogP) is 1.81. The highest BCUT2D eigenvalue weighted by molar-refractivity contribution is 5.95. The average Bonchev–Trinajstić information content (AvgIpc) is 2.89. The Bertz CT molecular complexity index is 664. The van der Waals surface area contributed by atoms with Crippen LogP contribution in [0.5, 0.6) is 5.75 Å². The van der Waals surface area contributed by atoms with Gasteiger partial charge in [-0.25, -0.2) is 4.68 Å². The van der Waals surface area contributed by atoms with Gasteiger partial charge >= 0.3 is 0 Å². The predicted molar refractivity (Wildman–Crippen MR) is 83.3 cm³/mol. The lowest BCUT2D eigenvalue weighted by Gasteiger charge is -2.09. The van der Waals surface area contributed by atoms with E-state index in [0.717, 1.165) is 11.3 Å². The van der Waals surface area contributed by atoms with E-state index >= 15 is 0 Å². The van der Waals surface area contributed by atoms with E-state index in [4.69, 9.17) is 5.11 Å². The molecule has 0 saturated carbocycles. The first kappa shape index (κ1) is 16.0. The molecule has 0 fully saturated rings. The van der Waals surface area contributed by atoms with Crippen molar-refractivity contribution in [1.29, 1.82) is 0 Å². The number of carbonyl (C=O) groups excluding carboxylic acids is 1. The molecule has 0 spiro atoms. The molecule has 22 heavy (non-hydrogen) atoms. The number of nitrogens with one attached hydrogen (secondary N) is 1. The fourth-order valence-electron chi connectivity index (χ4n) is 2.02. The third-order valence-corrected chi connectivity index (χ3v) is 3.36. The van der Waals surface area contributed by atoms with Crippen LogP contribution in [0.25, 0.3) is 5.69 Å². The molecule has 3 N–H and O–H groups in total. The second kappa shape index (κ2) is 6.62. The van der Waals surface area contributed by atoms with E-state index in [-0.39, 0.29) is 18.1 Å². The zero-order valence-electron chi connectivity index (χ0n) is 12.9. The fraction of sp³-hybridized carbons (Fsp3) is 0.375. The lowest BCUT2D eigenvalue weighted by atomic mass is 10.0. The first-order valence-electron chi connectivity index (χ1n) is 7.23. The lowest BCUT2D eigenvalue weighted by molar-refractivity contribution is 0.0914. The summed E-state index contributed by atoms with van der Waals surface area (Å²) in [7, 11) is 0. The van der Waals surface area contributed by atoms with Gasteiger partial charge in [0.05, 0.1) is 18.5 Å². The van der Waals surface area contributed by atoms with Gasteiger partial charge in [0.25, 0.3) is 5.91 Å². The van der Waals surface area contributed by atoms with Crippen molar-refractivity contribution >= 4 is 5.91 Å². The van der Waals surface area contributed by atoms with Gasteiger partial charge in [0.15, 0.2) is 11.4 Å². The number of carbonyl (C=O) groups is 1. The summed E-state index contributed by atoms with van der Waals surface area (Å²) in [6, 6.07) is 7.36. The van der Waals surface area contributed by atoms with Gasteiger partial charge in [-0.05, 0) is 30.5 Å². The largest absolute Gasteiger partial charge is 0.504 e. The Labute approximate surface area is 129 Å². The first-order valence-corrected chi connectivity index (χ1v) is 7.23. The number of hydrogen-bond acceptors (Lipinski definition) is 4. The molecule has 1 aromatic carbocycles. The van der Waals surface area contributed by atoms with Crippen LogP contribution in [0.4, 0.5) is 0 Å². The molecule has 1 heterocycles. The highest BCUT2D eigenvalue weighted by Gasteiger charge is 2.18. The molecular weight excluding hydrogens is 282 g/mol. The van der Waals surface area contributed by atoms with Crippen LogP contribution in [0, 0.1) is 0 Å². The van der Waals surface area contributed by atoms with Crippen molar-refractivity contribution in [3.63, 3.8) is 0 Å². The van der Waals surface area contributed by atoms with Crippen molar-refractivity contribution in [1.82, 2.24) is 15.1 Å². The molecular formula is C16H21N3O3. The Kier molecular flexibility index (Phi) is 4.82. The van der Waals surface area contributed by atoms with E-state index in [1.165, 1.54) is 10.9 Å². The molecule has 1 atom stereocenters. The number of aromatic hydroxyl groups is 1. The second-order valence-electron chi connectivity index (χ2n) is 5.61. The van der Waals surface area contributed by atoms with Crippen LogP contribution in [0.1, 0.15) is 42.7 Å². The Morgan fingerprint density at radius 1 is 1.36 bits per heavy atom. The molecule has 2 rings (SSSR count). The van der Waals surface area contributed by atoms with Gasteiger partial charge in [-0.15, -0.1) is 0 Å². The normalized spacial score (nSPS) is 12.4. The molecule has 2 aromatic rings. The van der Waals surface area contributed by atoms with Gasteiger partial charge in [0.1, 0.15) is 0 Å². The van der Waals surface area contributed by atoms with Crippen molar-refractivity contribution in [2.75, 3.05) is 6.61 Å². The van der Waals surface area contributed by atoms with Gasteiger partial charge in [-0.1, -0.05) is 26.0 Å². The topological polar surface area (TPSA) is 87.4 Å². The van der Waals surface area contributed by atoms with Crippen LogP contribution in [0.3, 0.4) is 0 Å². The Morgan fingerprint density at radius 3 is 2.73 bits per heavy atom.